The van der Waals surface area contributed by atoms with Crippen molar-refractivity contribution in [2.75, 3.05) is 31.1 Å². The van der Waals surface area contributed by atoms with Crippen LogP contribution in [-0.2, 0) is 0 Å². The van der Waals surface area contributed by atoms with Crippen LogP contribution >= 0.6 is 0 Å². The standard InChI is InChI=1S/C15H19N3O3/c1-11(19)14-9-12(4-5-15(14)18(20)21)17-8-7-16-6-2-3-13(16)10-17/h4-5,9,13H,2-3,6-8,10H2,1H3. The van der Waals surface area contributed by atoms with Crippen molar-refractivity contribution < 1.29 is 9.72 Å². The first-order valence-electron chi connectivity index (χ1n) is 7.34. The van der Waals surface area contributed by atoms with Crippen LogP contribution in [0.25, 0.3) is 0 Å². The number of carbonyl (C=O) groups is 1. The Kier molecular flexibility index (Phi) is 3.63. The Bertz CT molecular complexity index is 588. The second-order valence-electron chi connectivity index (χ2n) is 5.79. The molecule has 2 aliphatic heterocycles. The minimum Gasteiger partial charge on any atom is -0.369 e. The normalized spacial score (nSPS) is 22.1. The minimum absolute atomic E-state index is 0.106. The molecule has 0 radical (unpaired) electrons. The van der Waals surface area contributed by atoms with Crippen LogP contribution in [0.2, 0.25) is 0 Å². The van der Waals surface area contributed by atoms with E-state index in [4.69, 9.17) is 0 Å². The minimum atomic E-state index is -0.491. The Morgan fingerprint density at radius 3 is 2.86 bits per heavy atom. The van der Waals surface area contributed by atoms with E-state index in [1.54, 1.807) is 12.1 Å². The van der Waals surface area contributed by atoms with Crippen LogP contribution in [0.5, 0.6) is 0 Å². The Balaban J connectivity index is 1.87. The number of nitrogens with zero attached hydrogens (tertiary/aromatic N) is 3. The summed E-state index contributed by atoms with van der Waals surface area (Å²) in [5.41, 5.74) is 1.01. The number of nitro groups is 1. The number of benzene rings is 1. The molecule has 1 atom stereocenters. The molecule has 3 rings (SSSR count). The highest BCUT2D eigenvalue weighted by Gasteiger charge is 2.31. The SMILES string of the molecule is CC(=O)c1cc(N2CCN3CCCC3C2)ccc1[N+](=O)[O-]. The lowest BCUT2D eigenvalue weighted by Gasteiger charge is -2.38. The van der Waals surface area contributed by atoms with Gasteiger partial charge in [0, 0.05) is 37.4 Å². The molecule has 0 aromatic heterocycles. The number of anilines is 1. The molecular weight excluding hydrogens is 270 g/mol. The Morgan fingerprint density at radius 2 is 2.14 bits per heavy atom. The van der Waals surface area contributed by atoms with Crippen LogP contribution in [0.1, 0.15) is 30.1 Å². The van der Waals surface area contributed by atoms with Crippen molar-refractivity contribution in [1.82, 2.24) is 4.90 Å². The number of rotatable bonds is 3. The summed E-state index contributed by atoms with van der Waals surface area (Å²) < 4.78 is 0. The van der Waals surface area contributed by atoms with Crippen LogP contribution in [0.15, 0.2) is 18.2 Å². The lowest BCUT2D eigenvalue weighted by atomic mass is 10.1. The van der Waals surface area contributed by atoms with Crippen LogP contribution in [0.4, 0.5) is 11.4 Å². The average Bonchev–Trinajstić information content (AvgIpc) is 2.93. The number of nitro benzene ring substituents is 1. The zero-order valence-corrected chi connectivity index (χ0v) is 12.1. The third-order valence-electron chi connectivity index (χ3n) is 4.51. The van der Waals surface area contributed by atoms with Crippen LogP contribution in [-0.4, -0.2) is 47.8 Å². The van der Waals surface area contributed by atoms with Crippen molar-refractivity contribution >= 4 is 17.2 Å². The smallest absolute Gasteiger partial charge is 0.280 e. The number of hydrogen-bond donors (Lipinski definition) is 0. The summed E-state index contributed by atoms with van der Waals surface area (Å²) in [5.74, 6) is -0.261. The molecule has 2 heterocycles. The predicted octanol–water partition coefficient (Wildman–Crippen LogP) is 2.08. The fourth-order valence-electron chi connectivity index (χ4n) is 3.39. The van der Waals surface area contributed by atoms with E-state index in [1.165, 1.54) is 32.4 Å². The third-order valence-corrected chi connectivity index (χ3v) is 4.51. The molecule has 0 bridgehead atoms. The maximum Gasteiger partial charge on any atom is 0.280 e. The first-order valence-corrected chi connectivity index (χ1v) is 7.34. The number of fused-ring (bicyclic) bond motifs is 1. The van der Waals surface area contributed by atoms with Crippen molar-refractivity contribution in [2.24, 2.45) is 0 Å². The van der Waals surface area contributed by atoms with Crippen molar-refractivity contribution in [1.29, 1.82) is 0 Å². The topological polar surface area (TPSA) is 66.7 Å². The summed E-state index contributed by atoms with van der Waals surface area (Å²) in [5, 5.41) is 11.0. The lowest BCUT2D eigenvalue weighted by Crippen LogP contribution is -2.50. The molecule has 0 aliphatic carbocycles. The highest BCUT2D eigenvalue weighted by atomic mass is 16.6. The fraction of sp³-hybridized carbons (Fsp3) is 0.533. The summed E-state index contributed by atoms with van der Waals surface area (Å²) in [7, 11) is 0. The molecule has 2 saturated heterocycles. The van der Waals surface area contributed by atoms with Crippen molar-refractivity contribution in [3.05, 3.63) is 33.9 Å². The van der Waals surface area contributed by atoms with Gasteiger partial charge in [-0.3, -0.25) is 19.8 Å². The fourth-order valence-corrected chi connectivity index (χ4v) is 3.39. The van der Waals surface area contributed by atoms with Gasteiger partial charge in [0.15, 0.2) is 5.78 Å². The molecule has 0 N–H and O–H groups in total. The van der Waals surface area contributed by atoms with E-state index < -0.39 is 4.92 Å². The molecular formula is C15H19N3O3. The number of Topliss-reactive ketones (excluding diaryl/α,β-unsaturated/α-hetero) is 1. The van der Waals surface area contributed by atoms with Crippen molar-refractivity contribution in [2.45, 2.75) is 25.8 Å². The van der Waals surface area contributed by atoms with E-state index in [1.807, 2.05) is 0 Å². The molecule has 1 aromatic rings. The largest absolute Gasteiger partial charge is 0.369 e. The molecule has 0 amide bonds. The van der Waals surface area contributed by atoms with Gasteiger partial charge in [-0.2, -0.15) is 0 Å². The van der Waals surface area contributed by atoms with Gasteiger partial charge in [-0.15, -0.1) is 0 Å². The number of carbonyl (C=O) groups excluding carboxylic acids is 1. The molecule has 2 aliphatic rings. The van der Waals surface area contributed by atoms with Crippen molar-refractivity contribution in [3.63, 3.8) is 0 Å². The maximum absolute atomic E-state index is 11.7. The zero-order valence-electron chi connectivity index (χ0n) is 12.1. The quantitative estimate of drug-likeness (QED) is 0.484. The Hall–Kier alpha value is -1.95. The zero-order chi connectivity index (χ0) is 15.0. The summed E-state index contributed by atoms with van der Waals surface area (Å²) in [6.07, 6.45) is 2.46. The molecule has 2 fully saturated rings. The highest BCUT2D eigenvalue weighted by Crippen LogP contribution is 2.29. The Morgan fingerprint density at radius 1 is 1.33 bits per heavy atom. The Labute approximate surface area is 123 Å². The van der Waals surface area contributed by atoms with Gasteiger partial charge in [0.25, 0.3) is 5.69 Å². The van der Waals surface area contributed by atoms with E-state index in [-0.39, 0.29) is 17.0 Å². The van der Waals surface area contributed by atoms with Crippen molar-refractivity contribution in [3.8, 4) is 0 Å². The maximum atomic E-state index is 11.7. The van der Waals surface area contributed by atoms with Gasteiger partial charge in [-0.05, 0) is 38.4 Å². The lowest BCUT2D eigenvalue weighted by molar-refractivity contribution is -0.385. The summed E-state index contributed by atoms with van der Waals surface area (Å²) in [6, 6.07) is 5.46. The van der Waals surface area contributed by atoms with E-state index in [0.717, 1.165) is 25.3 Å². The van der Waals surface area contributed by atoms with E-state index in [9.17, 15) is 14.9 Å². The number of ketones is 1. The van der Waals surface area contributed by atoms with E-state index >= 15 is 0 Å². The van der Waals surface area contributed by atoms with Gasteiger partial charge in [0.05, 0.1) is 10.5 Å². The van der Waals surface area contributed by atoms with Gasteiger partial charge >= 0.3 is 0 Å². The third kappa shape index (κ3) is 2.63. The number of piperazine rings is 1. The van der Waals surface area contributed by atoms with Gasteiger partial charge < -0.3 is 4.90 Å². The number of hydrogen-bond acceptors (Lipinski definition) is 5. The molecule has 0 saturated carbocycles. The van der Waals surface area contributed by atoms with Gasteiger partial charge in [0.2, 0.25) is 0 Å². The monoisotopic (exact) mass is 289 g/mol. The second-order valence-corrected chi connectivity index (χ2v) is 5.79. The first kappa shape index (κ1) is 14.0. The molecule has 6 nitrogen and oxygen atoms in total. The van der Waals surface area contributed by atoms with Gasteiger partial charge in [-0.1, -0.05) is 0 Å². The van der Waals surface area contributed by atoms with E-state index in [2.05, 4.69) is 9.80 Å². The second kappa shape index (κ2) is 5.44. The summed E-state index contributed by atoms with van der Waals surface area (Å²) in [6.45, 7) is 5.43. The van der Waals surface area contributed by atoms with E-state index in [0.29, 0.717) is 6.04 Å². The molecule has 0 spiro atoms. The highest BCUT2D eigenvalue weighted by molar-refractivity contribution is 5.99. The van der Waals surface area contributed by atoms with Gasteiger partial charge in [0.1, 0.15) is 0 Å². The average molecular weight is 289 g/mol. The first-order chi connectivity index (χ1) is 10.1. The van der Waals surface area contributed by atoms with Gasteiger partial charge in [-0.25, -0.2) is 0 Å². The molecule has 1 aromatic carbocycles. The summed E-state index contributed by atoms with van der Waals surface area (Å²) >= 11 is 0. The van der Waals surface area contributed by atoms with Crippen LogP contribution < -0.4 is 4.90 Å². The predicted molar refractivity (Wildman–Crippen MR) is 79.9 cm³/mol. The van der Waals surface area contributed by atoms with Crippen LogP contribution in [0.3, 0.4) is 0 Å². The molecule has 21 heavy (non-hydrogen) atoms. The molecule has 6 heteroatoms. The summed E-state index contributed by atoms with van der Waals surface area (Å²) in [4.78, 5) is 26.9. The molecule has 1 unspecified atom stereocenters. The van der Waals surface area contributed by atoms with Crippen LogP contribution in [0, 0.1) is 10.1 Å². The molecule has 112 valence electrons.